The Morgan fingerprint density at radius 1 is 0.806 bits per heavy atom. The van der Waals surface area contributed by atoms with Crippen molar-refractivity contribution in [2.75, 3.05) is 7.11 Å². The highest BCUT2D eigenvalue weighted by Gasteiger charge is 2.82. The average Bonchev–Trinajstić information content (AvgIpc) is 2.77. The lowest BCUT2D eigenvalue weighted by molar-refractivity contribution is -0.201. The minimum atomic E-state index is -1.12. The SMILES string of the molecule is COC(=O)[C@]12C(C(C)(C)C)=C(C(C)(C)C)[C@@]1(C(C)(C)C)OC(c1ccccc1)=NC2c1ccccc1. The summed E-state index contributed by atoms with van der Waals surface area (Å²) in [6, 6.07) is 19.7. The molecule has 2 aliphatic rings. The fraction of sp³-hybridized carbons (Fsp3) is 0.500. The van der Waals surface area contributed by atoms with E-state index in [-0.39, 0.29) is 16.8 Å². The van der Waals surface area contributed by atoms with E-state index >= 15 is 0 Å². The minimum absolute atomic E-state index is 0.256. The van der Waals surface area contributed by atoms with Crippen molar-refractivity contribution in [3.05, 3.63) is 82.9 Å². The number of aliphatic imine (C=N–C) groups is 1. The lowest BCUT2D eigenvalue weighted by atomic mass is 9.36. The Morgan fingerprint density at radius 2 is 1.31 bits per heavy atom. The Morgan fingerprint density at radius 3 is 1.75 bits per heavy atom. The van der Waals surface area contributed by atoms with Gasteiger partial charge >= 0.3 is 5.97 Å². The molecule has 0 radical (unpaired) electrons. The zero-order valence-electron chi connectivity index (χ0n) is 23.5. The number of carbonyl (C=O) groups is 1. The largest absolute Gasteiger partial charge is 0.468 e. The van der Waals surface area contributed by atoms with Crippen LogP contribution in [-0.4, -0.2) is 24.6 Å². The molecule has 1 aliphatic heterocycles. The number of esters is 1. The van der Waals surface area contributed by atoms with Gasteiger partial charge in [-0.3, -0.25) is 4.79 Å². The number of fused-ring (bicyclic) bond motifs is 1. The lowest BCUT2D eigenvalue weighted by Crippen LogP contribution is -2.77. The first-order valence-corrected chi connectivity index (χ1v) is 12.9. The lowest BCUT2D eigenvalue weighted by Gasteiger charge is -2.71. The Bertz CT molecular complexity index is 1210. The van der Waals surface area contributed by atoms with E-state index in [0.29, 0.717) is 5.90 Å². The number of hydrogen-bond donors (Lipinski definition) is 0. The summed E-state index contributed by atoms with van der Waals surface area (Å²) in [5.41, 5.74) is 0.999. The highest BCUT2D eigenvalue weighted by atomic mass is 16.5. The summed E-state index contributed by atoms with van der Waals surface area (Å²) in [5.74, 6) is 0.272. The fourth-order valence-electron chi connectivity index (χ4n) is 6.71. The molecule has 36 heavy (non-hydrogen) atoms. The molecule has 2 aromatic rings. The summed E-state index contributed by atoms with van der Waals surface area (Å²) >= 11 is 0. The summed E-state index contributed by atoms with van der Waals surface area (Å²) in [5, 5.41) is 0. The van der Waals surface area contributed by atoms with Crippen LogP contribution >= 0.6 is 0 Å². The van der Waals surface area contributed by atoms with Gasteiger partial charge in [0.05, 0.1) is 7.11 Å². The first-order valence-electron chi connectivity index (χ1n) is 12.9. The molecule has 0 fully saturated rings. The molecule has 4 heteroatoms. The smallest absolute Gasteiger partial charge is 0.323 e. The van der Waals surface area contributed by atoms with Crippen LogP contribution in [0.3, 0.4) is 0 Å². The molecule has 192 valence electrons. The normalized spacial score (nSPS) is 26.4. The number of hydrogen-bond acceptors (Lipinski definition) is 4. The van der Waals surface area contributed by atoms with Crippen molar-refractivity contribution in [3.63, 3.8) is 0 Å². The van der Waals surface area contributed by atoms with E-state index in [1.165, 1.54) is 12.7 Å². The molecule has 2 aromatic carbocycles. The van der Waals surface area contributed by atoms with Crippen molar-refractivity contribution in [3.8, 4) is 0 Å². The third kappa shape index (κ3) is 3.48. The van der Waals surface area contributed by atoms with Gasteiger partial charge in [0.15, 0.2) is 11.0 Å². The molecule has 1 aliphatic carbocycles. The highest BCUT2D eigenvalue weighted by Crippen LogP contribution is 2.76. The molecule has 3 atom stereocenters. The van der Waals surface area contributed by atoms with Crippen molar-refractivity contribution in [1.29, 1.82) is 0 Å². The van der Waals surface area contributed by atoms with Gasteiger partial charge in [0.1, 0.15) is 6.04 Å². The standard InChI is InChI=1S/C32H41NO3/c1-28(2,3)23-24(29(4,5)6)32(30(7,8)9)31(23,27(34)35-10)25(21-17-13-11-14-18-21)33-26(36-32)22-19-15-12-16-20-22/h11-20,25H,1-10H3/t25?,31-,32+/m1/s1. The molecule has 1 heterocycles. The third-order valence-corrected chi connectivity index (χ3v) is 7.66. The number of rotatable bonds is 3. The van der Waals surface area contributed by atoms with Crippen LogP contribution in [0.1, 0.15) is 79.5 Å². The average molecular weight is 488 g/mol. The van der Waals surface area contributed by atoms with Crippen LogP contribution in [0.4, 0.5) is 0 Å². The molecule has 0 aromatic heterocycles. The van der Waals surface area contributed by atoms with Gasteiger partial charge in [0, 0.05) is 11.0 Å². The quantitative estimate of drug-likeness (QED) is 0.332. The van der Waals surface area contributed by atoms with Gasteiger partial charge in [-0.05, 0) is 39.7 Å². The van der Waals surface area contributed by atoms with Gasteiger partial charge in [-0.2, -0.15) is 0 Å². The van der Waals surface area contributed by atoms with Crippen LogP contribution in [0.2, 0.25) is 0 Å². The summed E-state index contributed by atoms with van der Waals surface area (Å²) < 4.78 is 12.8. The summed E-state index contributed by atoms with van der Waals surface area (Å²) in [4.78, 5) is 19.6. The summed E-state index contributed by atoms with van der Waals surface area (Å²) in [6.07, 6.45) is 0. The predicted molar refractivity (Wildman–Crippen MR) is 146 cm³/mol. The van der Waals surface area contributed by atoms with E-state index in [2.05, 4.69) is 74.4 Å². The number of methoxy groups -OCH3 is 1. The maximum absolute atomic E-state index is 14.4. The molecule has 0 spiro atoms. The molecule has 4 rings (SSSR count). The first-order chi connectivity index (χ1) is 16.6. The third-order valence-electron chi connectivity index (χ3n) is 7.66. The molecular formula is C32H41NO3. The molecule has 0 amide bonds. The monoisotopic (exact) mass is 487 g/mol. The fourth-order valence-corrected chi connectivity index (χ4v) is 6.71. The second kappa shape index (κ2) is 8.33. The Labute approximate surface area is 216 Å². The van der Waals surface area contributed by atoms with E-state index < -0.39 is 22.5 Å². The Balaban J connectivity index is 2.23. The van der Waals surface area contributed by atoms with Crippen LogP contribution in [0.25, 0.3) is 0 Å². The van der Waals surface area contributed by atoms with E-state index in [1.54, 1.807) is 0 Å². The number of ether oxygens (including phenoxy) is 2. The van der Waals surface area contributed by atoms with Gasteiger partial charge in [0.2, 0.25) is 5.90 Å². The van der Waals surface area contributed by atoms with Crippen LogP contribution in [-0.2, 0) is 14.3 Å². The van der Waals surface area contributed by atoms with Crippen molar-refractivity contribution >= 4 is 11.9 Å². The molecular weight excluding hydrogens is 446 g/mol. The molecule has 0 saturated heterocycles. The van der Waals surface area contributed by atoms with E-state index in [4.69, 9.17) is 14.5 Å². The first kappa shape index (κ1) is 26.2. The van der Waals surface area contributed by atoms with Gasteiger partial charge in [-0.15, -0.1) is 0 Å². The minimum Gasteiger partial charge on any atom is -0.468 e. The van der Waals surface area contributed by atoms with E-state index in [0.717, 1.165) is 16.7 Å². The molecule has 4 nitrogen and oxygen atoms in total. The highest BCUT2D eigenvalue weighted by molar-refractivity contribution is 6.00. The van der Waals surface area contributed by atoms with Gasteiger partial charge in [-0.1, -0.05) is 111 Å². The molecule has 0 saturated carbocycles. The van der Waals surface area contributed by atoms with Crippen LogP contribution in [0.5, 0.6) is 0 Å². The van der Waals surface area contributed by atoms with E-state index in [9.17, 15) is 4.79 Å². The van der Waals surface area contributed by atoms with E-state index in [1.807, 2.05) is 48.5 Å². The number of carbonyl (C=O) groups excluding carboxylic acids is 1. The summed E-state index contributed by atoms with van der Waals surface area (Å²) in [6.45, 7) is 19.7. The second-order valence-electron chi connectivity index (χ2n) is 13.2. The number of benzene rings is 2. The van der Waals surface area contributed by atoms with Crippen molar-refractivity contribution in [2.24, 2.45) is 26.7 Å². The van der Waals surface area contributed by atoms with Gasteiger partial charge in [0.25, 0.3) is 0 Å². The Kier molecular flexibility index (Phi) is 6.06. The van der Waals surface area contributed by atoms with Crippen molar-refractivity contribution in [1.82, 2.24) is 0 Å². The Hall–Kier alpha value is -2.88. The maximum atomic E-state index is 14.4. The zero-order chi connectivity index (χ0) is 26.7. The van der Waals surface area contributed by atoms with Gasteiger partial charge < -0.3 is 9.47 Å². The van der Waals surface area contributed by atoms with Crippen LogP contribution in [0.15, 0.2) is 76.8 Å². The molecule has 0 N–H and O–H groups in total. The summed E-state index contributed by atoms with van der Waals surface area (Å²) in [7, 11) is 1.48. The maximum Gasteiger partial charge on any atom is 0.323 e. The number of nitrogens with zero attached hydrogens (tertiary/aromatic N) is 1. The molecule has 0 bridgehead atoms. The topological polar surface area (TPSA) is 47.9 Å². The zero-order valence-corrected chi connectivity index (χ0v) is 23.5. The van der Waals surface area contributed by atoms with Crippen molar-refractivity contribution < 1.29 is 14.3 Å². The van der Waals surface area contributed by atoms with Crippen LogP contribution < -0.4 is 0 Å². The second-order valence-corrected chi connectivity index (χ2v) is 13.2. The van der Waals surface area contributed by atoms with Crippen molar-refractivity contribution in [2.45, 2.75) is 74.0 Å². The molecule has 1 unspecified atom stereocenters. The predicted octanol–water partition coefficient (Wildman–Crippen LogP) is 7.55. The van der Waals surface area contributed by atoms with Gasteiger partial charge in [-0.25, -0.2) is 4.99 Å². The van der Waals surface area contributed by atoms with Crippen LogP contribution in [0, 0.1) is 21.7 Å².